The molecule has 5 nitrogen and oxygen atoms in total. The fourth-order valence-corrected chi connectivity index (χ4v) is 4.58. The zero-order valence-corrected chi connectivity index (χ0v) is 17.4. The van der Waals surface area contributed by atoms with E-state index in [2.05, 4.69) is 43.0 Å². The van der Waals surface area contributed by atoms with Gasteiger partial charge < -0.3 is 15.1 Å². The van der Waals surface area contributed by atoms with E-state index in [0.717, 1.165) is 44.3 Å². The molecular formula is C23H36N2O3. The van der Waals surface area contributed by atoms with Crippen LogP contribution in [-0.4, -0.2) is 64.3 Å². The number of rotatable bonds is 7. The maximum atomic E-state index is 13.1. The van der Waals surface area contributed by atoms with Crippen molar-refractivity contribution in [1.29, 1.82) is 0 Å². The van der Waals surface area contributed by atoms with E-state index < -0.39 is 5.60 Å². The number of hydrogen-bond donors (Lipinski definition) is 2. The Morgan fingerprint density at radius 2 is 1.82 bits per heavy atom. The summed E-state index contributed by atoms with van der Waals surface area (Å²) in [6.07, 6.45) is 4.33. The minimum absolute atomic E-state index is 0.121. The fraction of sp³-hybridized carbons (Fsp3) is 0.696. The normalized spacial score (nSPS) is 24.9. The van der Waals surface area contributed by atoms with E-state index in [4.69, 9.17) is 5.11 Å². The van der Waals surface area contributed by atoms with E-state index in [1.165, 1.54) is 5.56 Å². The zero-order chi connectivity index (χ0) is 20.1. The summed E-state index contributed by atoms with van der Waals surface area (Å²) < 4.78 is 0. The van der Waals surface area contributed by atoms with Crippen LogP contribution in [0.4, 0.5) is 0 Å². The zero-order valence-electron chi connectivity index (χ0n) is 17.4. The standard InChI is InChI=1S/C23H36N2O3/c1-18(2)21-6-4-20(5-7-21)16-25-12-3-11-23(28,22(25)27)17-24-13-8-19(9-14-24)10-15-26/h4-7,18-19,26,28H,3,8-17H2,1-2H3/t23-/m0/s1. The van der Waals surface area contributed by atoms with Gasteiger partial charge in [-0.3, -0.25) is 9.69 Å². The van der Waals surface area contributed by atoms with Gasteiger partial charge in [0.15, 0.2) is 5.60 Å². The van der Waals surface area contributed by atoms with E-state index in [9.17, 15) is 9.90 Å². The maximum absolute atomic E-state index is 13.1. The molecule has 3 rings (SSSR count). The van der Waals surface area contributed by atoms with E-state index >= 15 is 0 Å². The molecule has 2 saturated heterocycles. The van der Waals surface area contributed by atoms with E-state index in [0.29, 0.717) is 37.9 Å². The van der Waals surface area contributed by atoms with Crippen LogP contribution in [-0.2, 0) is 11.3 Å². The smallest absolute Gasteiger partial charge is 0.256 e. The second kappa shape index (κ2) is 9.38. The van der Waals surface area contributed by atoms with Gasteiger partial charge in [-0.1, -0.05) is 38.1 Å². The molecule has 0 aliphatic carbocycles. The Bertz CT molecular complexity index is 638. The highest BCUT2D eigenvalue weighted by atomic mass is 16.3. The lowest BCUT2D eigenvalue weighted by Crippen LogP contribution is -2.59. The van der Waals surface area contributed by atoms with Crippen molar-refractivity contribution in [2.45, 2.75) is 64.0 Å². The number of carbonyl (C=O) groups is 1. The number of likely N-dealkylation sites (tertiary alicyclic amines) is 2. The third-order valence-corrected chi connectivity index (χ3v) is 6.45. The van der Waals surface area contributed by atoms with Crippen molar-refractivity contribution < 1.29 is 15.0 Å². The van der Waals surface area contributed by atoms with Crippen molar-refractivity contribution in [2.75, 3.05) is 32.8 Å². The van der Waals surface area contributed by atoms with Gasteiger partial charge in [0.2, 0.25) is 0 Å². The Kier molecular flexibility index (Phi) is 7.13. The molecule has 2 aliphatic heterocycles. The number of carbonyl (C=O) groups excluding carboxylic acids is 1. The van der Waals surface area contributed by atoms with Gasteiger partial charge in [0.1, 0.15) is 0 Å². The van der Waals surface area contributed by atoms with Crippen LogP contribution in [0.25, 0.3) is 0 Å². The van der Waals surface area contributed by atoms with Crippen molar-refractivity contribution in [3.05, 3.63) is 35.4 Å². The third kappa shape index (κ3) is 5.13. The van der Waals surface area contributed by atoms with Gasteiger partial charge in [0.05, 0.1) is 0 Å². The highest BCUT2D eigenvalue weighted by Crippen LogP contribution is 2.28. The molecule has 2 fully saturated rings. The number of aliphatic hydroxyl groups excluding tert-OH is 1. The number of aliphatic hydroxyl groups is 2. The SMILES string of the molecule is CC(C)c1ccc(CN2CCC[C@](O)(CN3CCC(CCO)CC3)C2=O)cc1. The summed E-state index contributed by atoms with van der Waals surface area (Å²) in [6.45, 7) is 8.12. The first-order valence-corrected chi connectivity index (χ1v) is 10.8. The Balaban J connectivity index is 1.58. The molecule has 0 saturated carbocycles. The number of benzene rings is 1. The first-order chi connectivity index (χ1) is 13.4. The molecular weight excluding hydrogens is 352 g/mol. The van der Waals surface area contributed by atoms with Gasteiger partial charge in [-0.05, 0) is 68.2 Å². The number of nitrogens with zero attached hydrogens (tertiary/aromatic N) is 2. The van der Waals surface area contributed by atoms with Crippen LogP contribution >= 0.6 is 0 Å². The second-order valence-corrected chi connectivity index (χ2v) is 8.99. The minimum Gasteiger partial charge on any atom is -0.396 e. The van der Waals surface area contributed by atoms with Gasteiger partial charge in [0, 0.05) is 26.2 Å². The lowest BCUT2D eigenvalue weighted by molar-refractivity contribution is -0.160. The average molecular weight is 389 g/mol. The van der Waals surface area contributed by atoms with Crippen LogP contribution in [0, 0.1) is 5.92 Å². The first kappa shape index (κ1) is 21.3. The Morgan fingerprint density at radius 3 is 2.43 bits per heavy atom. The molecule has 0 spiro atoms. The molecule has 0 unspecified atom stereocenters. The molecule has 1 atom stereocenters. The monoisotopic (exact) mass is 388 g/mol. The molecule has 2 heterocycles. The Labute approximate surface area is 169 Å². The number of piperidine rings is 2. The summed E-state index contributed by atoms with van der Waals surface area (Å²) in [7, 11) is 0. The van der Waals surface area contributed by atoms with Gasteiger partial charge in [-0.25, -0.2) is 0 Å². The Hall–Kier alpha value is -1.43. The van der Waals surface area contributed by atoms with Gasteiger partial charge in [-0.15, -0.1) is 0 Å². The van der Waals surface area contributed by atoms with Crippen molar-refractivity contribution in [1.82, 2.24) is 9.80 Å². The van der Waals surface area contributed by atoms with Gasteiger partial charge >= 0.3 is 0 Å². The van der Waals surface area contributed by atoms with Crippen molar-refractivity contribution >= 4 is 5.91 Å². The molecule has 1 aromatic rings. The summed E-state index contributed by atoms with van der Waals surface area (Å²) in [6, 6.07) is 8.47. The molecule has 156 valence electrons. The molecule has 0 radical (unpaired) electrons. The lowest BCUT2D eigenvalue weighted by atomic mass is 9.88. The number of hydrogen-bond acceptors (Lipinski definition) is 4. The van der Waals surface area contributed by atoms with Crippen LogP contribution in [0.15, 0.2) is 24.3 Å². The summed E-state index contributed by atoms with van der Waals surface area (Å²) in [4.78, 5) is 17.1. The van der Waals surface area contributed by atoms with Crippen molar-refractivity contribution in [3.63, 3.8) is 0 Å². The molecule has 28 heavy (non-hydrogen) atoms. The second-order valence-electron chi connectivity index (χ2n) is 8.99. The third-order valence-electron chi connectivity index (χ3n) is 6.45. The lowest BCUT2D eigenvalue weighted by Gasteiger charge is -2.42. The van der Waals surface area contributed by atoms with Crippen LogP contribution in [0.1, 0.15) is 63.0 Å². The van der Waals surface area contributed by atoms with Gasteiger partial charge in [-0.2, -0.15) is 0 Å². The summed E-state index contributed by atoms with van der Waals surface area (Å²) in [5.41, 5.74) is 1.15. The van der Waals surface area contributed by atoms with Crippen LogP contribution in [0.3, 0.4) is 0 Å². The Morgan fingerprint density at radius 1 is 1.14 bits per heavy atom. The highest BCUT2D eigenvalue weighted by Gasteiger charge is 2.43. The summed E-state index contributed by atoms with van der Waals surface area (Å²) in [5, 5.41) is 20.3. The predicted molar refractivity (Wildman–Crippen MR) is 111 cm³/mol. The van der Waals surface area contributed by atoms with Crippen LogP contribution < -0.4 is 0 Å². The maximum Gasteiger partial charge on any atom is 0.256 e. The number of amides is 1. The molecule has 1 aromatic carbocycles. The minimum atomic E-state index is -1.26. The average Bonchev–Trinajstić information content (AvgIpc) is 2.68. The van der Waals surface area contributed by atoms with E-state index in [1.54, 1.807) is 0 Å². The summed E-state index contributed by atoms with van der Waals surface area (Å²) in [5.74, 6) is 0.949. The molecule has 0 bridgehead atoms. The quantitative estimate of drug-likeness (QED) is 0.754. The predicted octanol–water partition coefficient (Wildman–Crippen LogP) is 2.76. The van der Waals surface area contributed by atoms with E-state index in [-0.39, 0.29) is 12.5 Å². The first-order valence-electron chi connectivity index (χ1n) is 10.8. The topological polar surface area (TPSA) is 64.0 Å². The molecule has 2 aliphatic rings. The number of β-amino-alcohol motifs (C(OH)–C–C–N with tert-alkyl or cyclic N) is 1. The fourth-order valence-electron chi connectivity index (χ4n) is 4.58. The van der Waals surface area contributed by atoms with E-state index in [1.807, 2.05) is 4.90 Å². The largest absolute Gasteiger partial charge is 0.396 e. The molecule has 5 heteroatoms. The van der Waals surface area contributed by atoms with Crippen LogP contribution in [0.2, 0.25) is 0 Å². The molecule has 1 amide bonds. The molecule has 0 aromatic heterocycles. The summed E-state index contributed by atoms with van der Waals surface area (Å²) >= 11 is 0. The van der Waals surface area contributed by atoms with Gasteiger partial charge in [0.25, 0.3) is 5.91 Å². The highest BCUT2D eigenvalue weighted by molar-refractivity contribution is 5.86. The van der Waals surface area contributed by atoms with Crippen molar-refractivity contribution in [2.24, 2.45) is 5.92 Å². The van der Waals surface area contributed by atoms with Crippen LogP contribution in [0.5, 0.6) is 0 Å². The van der Waals surface area contributed by atoms with Crippen molar-refractivity contribution in [3.8, 4) is 0 Å². The molecule has 2 N–H and O–H groups in total.